The predicted octanol–water partition coefficient (Wildman–Crippen LogP) is 1.59. The van der Waals surface area contributed by atoms with Crippen LogP contribution >= 0.6 is 0 Å². The Hall–Kier alpha value is -1.90. The van der Waals surface area contributed by atoms with Crippen LogP contribution in [-0.4, -0.2) is 53.6 Å². The Labute approximate surface area is 138 Å². The molecule has 2 atom stereocenters. The summed E-state index contributed by atoms with van der Waals surface area (Å²) < 4.78 is 0. The molecule has 1 aromatic carbocycles. The summed E-state index contributed by atoms with van der Waals surface area (Å²) in [6, 6.07) is 10.1. The van der Waals surface area contributed by atoms with E-state index in [4.69, 9.17) is 5.26 Å². The summed E-state index contributed by atoms with van der Waals surface area (Å²) in [7, 11) is 0. The van der Waals surface area contributed by atoms with Crippen LogP contribution in [0.3, 0.4) is 0 Å². The van der Waals surface area contributed by atoms with E-state index in [2.05, 4.69) is 12.1 Å². The minimum absolute atomic E-state index is 0.00498. The average molecular weight is 315 g/mol. The van der Waals surface area contributed by atoms with Crippen LogP contribution in [0.4, 0.5) is 0 Å². The second kappa shape index (κ2) is 8.09. The van der Waals surface area contributed by atoms with Crippen LogP contribution in [0, 0.1) is 17.2 Å². The van der Waals surface area contributed by atoms with Gasteiger partial charge < -0.3 is 10.0 Å². The fourth-order valence-corrected chi connectivity index (χ4v) is 3.16. The van der Waals surface area contributed by atoms with E-state index in [-0.39, 0.29) is 31.0 Å². The maximum absolute atomic E-state index is 12.6. The molecule has 1 heterocycles. The number of amides is 1. The van der Waals surface area contributed by atoms with E-state index in [9.17, 15) is 9.90 Å². The van der Waals surface area contributed by atoms with E-state index in [0.717, 1.165) is 18.5 Å². The first-order valence-electron chi connectivity index (χ1n) is 8.20. The molecule has 124 valence electrons. The summed E-state index contributed by atoms with van der Waals surface area (Å²) >= 11 is 0. The van der Waals surface area contributed by atoms with E-state index in [1.54, 1.807) is 4.90 Å². The van der Waals surface area contributed by atoms with Crippen LogP contribution in [-0.2, 0) is 11.2 Å². The van der Waals surface area contributed by atoms with Crippen molar-refractivity contribution in [3.8, 4) is 6.07 Å². The third kappa shape index (κ3) is 4.10. The number of hydrogen-bond acceptors (Lipinski definition) is 4. The lowest BCUT2D eigenvalue weighted by Gasteiger charge is -2.37. The van der Waals surface area contributed by atoms with Crippen LogP contribution in [0.15, 0.2) is 24.3 Å². The topological polar surface area (TPSA) is 67.6 Å². The number of carbonyl (C=O) groups excluding carboxylic acids is 1. The number of fused-ring (bicyclic) bond motifs is 1. The normalized spacial score (nSPS) is 18.8. The zero-order valence-corrected chi connectivity index (χ0v) is 13.9. The molecule has 1 aromatic rings. The lowest BCUT2D eigenvalue weighted by molar-refractivity contribution is -0.133. The highest BCUT2D eigenvalue weighted by Gasteiger charge is 2.29. The van der Waals surface area contributed by atoms with Crippen molar-refractivity contribution >= 4 is 5.91 Å². The lowest BCUT2D eigenvalue weighted by Crippen LogP contribution is -2.46. The van der Waals surface area contributed by atoms with Crippen LogP contribution in [0.5, 0.6) is 0 Å². The Morgan fingerprint density at radius 3 is 2.91 bits per heavy atom. The summed E-state index contributed by atoms with van der Waals surface area (Å²) in [5.41, 5.74) is 2.36. The SMILES string of the molecule is CCN(CC(C)C#N)C(=O)CN1CCc2ccccc2C1CO. The third-order valence-electron chi connectivity index (χ3n) is 4.48. The summed E-state index contributed by atoms with van der Waals surface area (Å²) in [6.45, 7) is 5.86. The number of carbonyl (C=O) groups is 1. The summed E-state index contributed by atoms with van der Waals surface area (Å²) in [5, 5.41) is 18.7. The van der Waals surface area contributed by atoms with Gasteiger partial charge in [-0.3, -0.25) is 9.69 Å². The van der Waals surface area contributed by atoms with Gasteiger partial charge in [0, 0.05) is 19.6 Å². The number of hydrogen-bond donors (Lipinski definition) is 1. The number of nitriles is 1. The molecule has 0 fully saturated rings. The number of benzene rings is 1. The van der Waals surface area contributed by atoms with E-state index in [1.807, 2.05) is 36.9 Å². The summed E-state index contributed by atoms with van der Waals surface area (Å²) in [5.74, 6) is -0.151. The molecule has 1 aliphatic rings. The standard InChI is InChI=1S/C18H25N3O2/c1-3-20(11-14(2)10-19)18(23)12-21-9-8-15-6-4-5-7-16(15)17(21)13-22/h4-7,14,17,22H,3,8-9,11-13H2,1-2H3. The van der Waals surface area contributed by atoms with Gasteiger partial charge in [0.1, 0.15) is 0 Å². The van der Waals surface area contributed by atoms with Crippen LogP contribution < -0.4 is 0 Å². The van der Waals surface area contributed by atoms with Gasteiger partial charge in [-0.1, -0.05) is 24.3 Å². The highest BCUT2D eigenvalue weighted by atomic mass is 16.3. The Morgan fingerprint density at radius 1 is 1.52 bits per heavy atom. The van der Waals surface area contributed by atoms with Crippen molar-refractivity contribution in [3.63, 3.8) is 0 Å². The minimum atomic E-state index is -0.172. The van der Waals surface area contributed by atoms with E-state index < -0.39 is 0 Å². The van der Waals surface area contributed by atoms with Crippen molar-refractivity contribution in [2.24, 2.45) is 5.92 Å². The highest BCUT2D eigenvalue weighted by molar-refractivity contribution is 5.78. The van der Waals surface area contributed by atoms with Gasteiger partial charge in [0.25, 0.3) is 0 Å². The van der Waals surface area contributed by atoms with Crippen molar-refractivity contribution in [1.29, 1.82) is 5.26 Å². The molecule has 2 rings (SSSR count). The van der Waals surface area contributed by atoms with Gasteiger partial charge >= 0.3 is 0 Å². The molecule has 23 heavy (non-hydrogen) atoms. The van der Waals surface area contributed by atoms with Gasteiger partial charge in [-0.25, -0.2) is 0 Å². The summed E-state index contributed by atoms with van der Waals surface area (Å²) in [4.78, 5) is 16.3. The van der Waals surface area contributed by atoms with Gasteiger partial charge in [0.05, 0.1) is 31.2 Å². The average Bonchev–Trinajstić information content (AvgIpc) is 2.58. The van der Waals surface area contributed by atoms with Gasteiger partial charge in [0.15, 0.2) is 0 Å². The molecule has 5 heteroatoms. The van der Waals surface area contributed by atoms with E-state index in [0.29, 0.717) is 13.1 Å². The molecule has 5 nitrogen and oxygen atoms in total. The maximum atomic E-state index is 12.6. The second-order valence-corrected chi connectivity index (χ2v) is 6.08. The highest BCUT2D eigenvalue weighted by Crippen LogP contribution is 2.29. The first-order chi connectivity index (χ1) is 11.1. The van der Waals surface area contributed by atoms with Crippen molar-refractivity contribution in [1.82, 2.24) is 9.80 Å². The number of likely N-dealkylation sites (N-methyl/N-ethyl adjacent to an activating group) is 1. The number of aliphatic hydroxyl groups is 1. The van der Waals surface area contributed by atoms with Gasteiger partial charge in [-0.2, -0.15) is 5.26 Å². The van der Waals surface area contributed by atoms with Crippen LogP contribution in [0.25, 0.3) is 0 Å². The maximum Gasteiger partial charge on any atom is 0.236 e. The first-order valence-corrected chi connectivity index (χ1v) is 8.20. The summed E-state index contributed by atoms with van der Waals surface area (Å²) in [6.07, 6.45) is 0.890. The molecule has 0 radical (unpaired) electrons. The molecule has 0 aliphatic carbocycles. The molecule has 2 unspecified atom stereocenters. The molecule has 1 amide bonds. The Kier molecular flexibility index (Phi) is 6.14. The van der Waals surface area contributed by atoms with Crippen molar-refractivity contribution in [3.05, 3.63) is 35.4 Å². The Morgan fingerprint density at radius 2 is 2.26 bits per heavy atom. The smallest absolute Gasteiger partial charge is 0.236 e. The lowest BCUT2D eigenvalue weighted by atomic mass is 9.93. The molecule has 1 N–H and O–H groups in total. The molecular weight excluding hydrogens is 290 g/mol. The zero-order chi connectivity index (χ0) is 16.8. The number of rotatable bonds is 6. The largest absolute Gasteiger partial charge is 0.394 e. The van der Waals surface area contributed by atoms with Crippen molar-refractivity contribution in [2.45, 2.75) is 26.3 Å². The van der Waals surface area contributed by atoms with E-state index in [1.165, 1.54) is 5.56 Å². The second-order valence-electron chi connectivity index (χ2n) is 6.08. The fourth-order valence-electron chi connectivity index (χ4n) is 3.16. The molecule has 1 aliphatic heterocycles. The molecule has 0 bridgehead atoms. The molecule has 0 saturated carbocycles. The molecule has 0 saturated heterocycles. The van der Waals surface area contributed by atoms with Gasteiger partial charge in [-0.15, -0.1) is 0 Å². The third-order valence-corrected chi connectivity index (χ3v) is 4.48. The fraction of sp³-hybridized carbons (Fsp3) is 0.556. The van der Waals surface area contributed by atoms with E-state index >= 15 is 0 Å². The number of nitrogens with zero attached hydrogens (tertiary/aromatic N) is 3. The van der Waals surface area contributed by atoms with Crippen LogP contribution in [0.2, 0.25) is 0 Å². The first kappa shape index (κ1) is 17.5. The van der Waals surface area contributed by atoms with Gasteiger partial charge in [-0.05, 0) is 31.4 Å². The van der Waals surface area contributed by atoms with Crippen molar-refractivity contribution < 1.29 is 9.90 Å². The Bertz CT molecular complexity index is 582. The quantitative estimate of drug-likeness (QED) is 0.865. The molecule has 0 spiro atoms. The van der Waals surface area contributed by atoms with Crippen molar-refractivity contribution in [2.75, 3.05) is 32.8 Å². The number of aliphatic hydroxyl groups excluding tert-OH is 1. The Balaban J connectivity index is 2.07. The minimum Gasteiger partial charge on any atom is -0.394 e. The predicted molar refractivity (Wildman–Crippen MR) is 88.6 cm³/mol. The molecule has 0 aromatic heterocycles. The zero-order valence-electron chi connectivity index (χ0n) is 13.9. The van der Waals surface area contributed by atoms with Crippen LogP contribution in [0.1, 0.15) is 31.0 Å². The van der Waals surface area contributed by atoms with Gasteiger partial charge in [0.2, 0.25) is 5.91 Å². The monoisotopic (exact) mass is 315 g/mol. The molecular formula is C18H25N3O2.